The third-order valence-corrected chi connectivity index (χ3v) is 12.7. The SMILES string of the molecule is CC1(C)C(c2ccc(-c3ccc(N(c4ccc(-c5ccccc5)cc4)c4ccc(-c5ccc6ccccc6c5)cc4)cc3)cc2)=Cc2c1c1ccccc1c1ccccc21. The number of allylic oxidation sites excluding steroid dienone is 1. The van der Waals surface area contributed by atoms with Crippen molar-refractivity contribution in [2.75, 3.05) is 4.90 Å². The Morgan fingerprint density at radius 1 is 0.317 bits per heavy atom. The number of rotatable bonds is 7. The molecule has 1 aliphatic carbocycles. The molecule has 0 fully saturated rings. The predicted molar refractivity (Wildman–Crippen MR) is 257 cm³/mol. The van der Waals surface area contributed by atoms with E-state index in [2.05, 4.69) is 243 Å². The van der Waals surface area contributed by atoms with Crippen molar-refractivity contribution in [2.24, 2.45) is 0 Å². The van der Waals surface area contributed by atoms with Gasteiger partial charge in [0.2, 0.25) is 0 Å². The van der Waals surface area contributed by atoms with Crippen molar-refractivity contribution in [1.29, 1.82) is 0 Å². The van der Waals surface area contributed by atoms with E-state index in [0.717, 1.165) is 17.1 Å². The molecule has 0 bridgehead atoms. The molecule has 1 heteroatoms. The summed E-state index contributed by atoms with van der Waals surface area (Å²) < 4.78 is 0. The molecule has 0 heterocycles. The highest BCUT2D eigenvalue weighted by Crippen LogP contribution is 2.52. The van der Waals surface area contributed by atoms with Crippen LogP contribution in [0.3, 0.4) is 0 Å². The first-order chi connectivity index (χ1) is 29.5. The molecule has 0 unspecified atom stereocenters. The fourth-order valence-electron chi connectivity index (χ4n) is 9.59. The molecule has 0 radical (unpaired) electrons. The largest absolute Gasteiger partial charge is 0.311 e. The van der Waals surface area contributed by atoms with E-state index in [1.54, 1.807) is 0 Å². The van der Waals surface area contributed by atoms with Crippen LogP contribution < -0.4 is 4.90 Å². The quantitative estimate of drug-likeness (QED) is 0.146. The molecule has 1 aliphatic rings. The molecule has 10 aromatic carbocycles. The maximum Gasteiger partial charge on any atom is 0.0462 e. The highest BCUT2D eigenvalue weighted by atomic mass is 15.1. The minimum absolute atomic E-state index is 0.140. The van der Waals surface area contributed by atoms with E-state index in [1.165, 1.54) is 88.0 Å². The molecule has 0 aromatic heterocycles. The Labute approximate surface area is 352 Å². The van der Waals surface area contributed by atoms with Crippen molar-refractivity contribution in [2.45, 2.75) is 19.3 Å². The van der Waals surface area contributed by atoms with Crippen LogP contribution in [-0.4, -0.2) is 0 Å². The second kappa shape index (κ2) is 14.4. The number of anilines is 3. The molecular weight excluding hydrogens is 723 g/mol. The van der Waals surface area contributed by atoms with Crippen molar-refractivity contribution in [3.63, 3.8) is 0 Å². The van der Waals surface area contributed by atoms with Crippen LogP contribution in [0.25, 0.3) is 77.3 Å². The molecule has 1 nitrogen and oxygen atoms in total. The average Bonchev–Trinajstić information content (AvgIpc) is 3.60. The van der Waals surface area contributed by atoms with Gasteiger partial charge in [-0.25, -0.2) is 0 Å². The smallest absolute Gasteiger partial charge is 0.0462 e. The van der Waals surface area contributed by atoms with Crippen LogP contribution >= 0.6 is 0 Å². The first-order valence-electron chi connectivity index (χ1n) is 20.9. The first kappa shape index (κ1) is 35.7. The molecule has 0 saturated heterocycles. The fraction of sp³-hybridized carbons (Fsp3) is 0.0508. The minimum Gasteiger partial charge on any atom is -0.311 e. The summed E-state index contributed by atoms with van der Waals surface area (Å²) in [7, 11) is 0. The Morgan fingerprint density at radius 3 is 1.30 bits per heavy atom. The number of fused-ring (bicyclic) bond motifs is 7. The summed E-state index contributed by atoms with van der Waals surface area (Å²) in [5.41, 5.74) is 15.8. The molecular formula is C59H43N. The minimum atomic E-state index is -0.140. The van der Waals surface area contributed by atoms with E-state index in [4.69, 9.17) is 0 Å². The van der Waals surface area contributed by atoms with Crippen LogP contribution in [0.2, 0.25) is 0 Å². The van der Waals surface area contributed by atoms with Gasteiger partial charge in [0.05, 0.1) is 0 Å². The number of nitrogens with zero attached hydrogens (tertiary/aromatic N) is 1. The highest BCUT2D eigenvalue weighted by molar-refractivity contribution is 6.17. The Hall–Kier alpha value is -7.48. The number of hydrogen-bond acceptors (Lipinski definition) is 1. The lowest BCUT2D eigenvalue weighted by molar-refractivity contribution is 0.711. The van der Waals surface area contributed by atoms with Crippen LogP contribution in [0.1, 0.15) is 30.5 Å². The third-order valence-electron chi connectivity index (χ3n) is 12.7. The van der Waals surface area contributed by atoms with Gasteiger partial charge in [-0.3, -0.25) is 0 Å². The van der Waals surface area contributed by atoms with Crippen LogP contribution in [0, 0.1) is 0 Å². The molecule has 0 saturated carbocycles. The van der Waals surface area contributed by atoms with E-state index < -0.39 is 0 Å². The fourth-order valence-corrected chi connectivity index (χ4v) is 9.59. The van der Waals surface area contributed by atoms with Crippen molar-refractivity contribution in [3.8, 4) is 33.4 Å². The molecule has 0 N–H and O–H groups in total. The lowest BCUT2D eigenvalue weighted by Gasteiger charge is -2.27. The van der Waals surface area contributed by atoms with Gasteiger partial charge in [-0.15, -0.1) is 0 Å². The Morgan fingerprint density at radius 2 is 0.717 bits per heavy atom. The highest BCUT2D eigenvalue weighted by Gasteiger charge is 2.36. The van der Waals surface area contributed by atoms with E-state index in [9.17, 15) is 0 Å². The van der Waals surface area contributed by atoms with Crippen LogP contribution in [0.15, 0.2) is 218 Å². The maximum atomic E-state index is 2.45. The molecule has 0 spiro atoms. The topological polar surface area (TPSA) is 3.24 Å². The predicted octanol–water partition coefficient (Wildman–Crippen LogP) is 16.4. The van der Waals surface area contributed by atoms with Gasteiger partial charge in [-0.2, -0.15) is 0 Å². The van der Waals surface area contributed by atoms with Gasteiger partial charge < -0.3 is 4.90 Å². The summed E-state index contributed by atoms with van der Waals surface area (Å²) in [6.07, 6.45) is 2.45. The third kappa shape index (κ3) is 6.10. The Bertz CT molecular complexity index is 3230. The van der Waals surface area contributed by atoms with Gasteiger partial charge in [0.25, 0.3) is 0 Å². The van der Waals surface area contributed by atoms with Crippen LogP contribution in [0.4, 0.5) is 17.1 Å². The summed E-state index contributed by atoms with van der Waals surface area (Å²) in [6, 6.07) is 79.7. The normalized spacial score (nSPS) is 13.1. The van der Waals surface area contributed by atoms with Gasteiger partial charge in [-0.1, -0.05) is 190 Å². The van der Waals surface area contributed by atoms with E-state index >= 15 is 0 Å². The standard InChI is InChI=1S/C59H43N/c1-59(2)57(39-56-54-18-9-8-16-52(54)53-17-10-11-19-55(53)58(56)59)46-23-20-42(21-24-46)44-28-34-50(35-29-44)60(49-32-26-43(27-33-49)40-12-4-3-5-13-40)51-36-30-45(31-37-51)48-25-22-41-14-6-7-15-47(41)38-48/h3-39H,1-2H3. The zero-order valence-electron chi connectivity index (χ0n) is 33.8. The van der Waals surface area contributed by atoms with Gasteiger partial charge >= 0.3 is 0 Å². The van der Waals surface area contributed by atoms with Crippen LogP contribution in [0.5, 0.6) is 0 Å². The number of hydrogen-bond donors (Lipinski definition) is 0. The van der Waals surface area contributed by atoms with Crippen molar-refractivity contribution < 1.29 is 0 Å². The Balaban J connectivity index is 0.917. The van der Waals surface area contributed by atoms with E-state index in [0.29, 0.717) is 0 Å². The lowest BCUT2D eigenvalue weighted by atomic mass is 9.76. The molecule has 0 aliphatic heterocycles. The molecule has 284 valence electrons. The second-order valence-corrected chi connectivity index (χ2v) is 16.5. The van der Waals surface area contributed by atoms with E-state index in [1.807, 2.05) is 0 Å². The van der Waals surface area contributed by atoms with E-state index in [-0.39, 0.29) is 5.41 Å². The van der Waals surface area contributed by atoms with Crippen molar-refractivity contribution in [1.82, 2.24) is 0 Å². The summed E-state index contributed by atoms with van der Waals surface area (Å²) in [5.74, 6) is 0. The van der Waals surface area contributed by atoms with Gasteiger partial charge in [0.15, 0.2) is 0 Å². The summed E-state index contributed by atoms with van der Waals surface area (Å²) in [4.78, 5) is 2.35. The molecule has 0 amide bonds. The maximum absolute atomic E-state index is 2.45. The summed E-state index contributed by atoms with van der Waals surface area (Å²) >= 11 is 0. The molecule has 10 aromatic rings. The zero-order chi connectivity index (χ0) is 40.2. The van der Waals surface area contributed by atoms with Crippen molar-refractivity contribution in [3.05, 3.63) is 235 Å². The average molecular weight is 766 g/mol. The monoisotopic (exact) mass is 765 g/mol. The van der Waals surface area contributed by atoms with Crippen molar-refractivity contribution >= 4 is 61.0 Å². The van der Waals surface area contributed by atoms with Crippen LogP contribution in [-0.2, 0) is 5.41 Å². The lowest BCUT2D eigenvalue weighted by Crippen LogP contribution is -2.17. The van der Waals surface area contributed by atoms with Gasteiger partial charge in [-0.05, 0) is 137 Å². The summed E-state index contributed by atoms with van der Waals surface area (Å²) in [6.45, 7) is 4.77. The second-order valence-electron chi connectivity index (χ2n) is 16.5. The molecule has 11 rings (SSSR count). The zero-order valence-corrected chi connectivity index (χ0v) is 33.8. The molecule has 0 atom stereocenters. The van der Waals surface area contributed by atoms with Gasteiger partial charge in [0.1, 0.15) is 0 Å². The first-order valence-corrected chi connectivity index (χ1v) is 20.9. The Kier molecular flexibility index (Phi) is 8.57. The van der Waals surface area contributed by atoms with Gasteiger partial charge in [0, 0.05) is 22.5 Å². The molecule has 60 heavy (non-hydrogen) atoms. The summed E-state index contributed by atoms with van der Waals surface area (Å²) in [5, 5.41) is 7.83. The number of benzene rings is 10.